The lowest BCUT2D eigenvalue weighted by molar-refractivity contribution is 0.0683. The van der Waals surface area contributed by atoms with E-state index in [0.29, 0.717) is 0 Å². The molecule has 0 aromatic carbocycles. The van der Waals surface area contributed by atoms with Crippen LogP contribution in [-0.2, 0) is 0 Å². The normalized spacial score (nSPS) is 9.31. The number of rotatable bonds is 2. The standard InChI is InChI=1S/C7H6N2O4/c10-6(9-13)4-1-2-5(7(11)12)8-3-4/h1-3,13H,(H,9,10)(H,11,12). The summed E-state index contributed by atoms with van der Waals surface area (Å²) in [6, 6.07) is 2.43. The van der Waals surface area contributed by atoms with Gasteiger partial charge in [-0.3, -0.25) is 10.0 Å². The van der Waals surface area contributed by atoms with Crippen molar-refractivity contribution in [2.45, 2.75) is 0 Å². The Labute approximate surface area is 72.8 Å². The highest BCUT2D eigenvalue weighted by Gasteiger charge is 2.07. The first-order chi connectivity index (χ1) is 6.15. The number of aromatic nitrogens is 1. The van der Waals surface area contributed by atoms with Gasteiger partial charge in [-0.25, -0.2) is 15.3 Å². The molecular formula is C7H6N2O4. The molecule has 0 radical (unpaired) electrons. The third-order valence-electron chi connectivity index (χ3n) is 1.35. The molecule has 6 nitrogen and oxygen atoms in total. The van der Waals surface area contributed by atoms with Crippen LogP contribution in [0.1, 0.15) is 20.8 Å². The summed E-state index contributed by atoms with van der Waals surface area (Å²) in [6.07, 6.45) is 1.06. The molecule has 0 aliphatic carbocycles. The summed E-state index contributed by atoms with van der Waals surface area (Å²) in [5, 5.41) is 16.7. The number of amides is 1. The summed E-state index contributed by atoms with van der Waals surface area (Å²) >= 11 is 0. The highest BCUT2D eigenvalue weighted by atomic mass is 16.5. The Morgan fingerprint density at radius 1 is 1.38 bits per heavy atom. The Balaban J connectivity index is 2.93. The van der Waals surface area contributed by atoms with E-state index in [2.05, 4.69) is 4.98 Å². The number of carboxylic acid groups (broad SMARTS) is 1. The van der Waals surface area contributed by atoms with Crippen molar-refractivity contribution in [2.24, 2.45) is 0 Å². The van der Waals surface area contributed by atoms with Crippen LogP contribution in [0.4, 0.5) is 0 Å². The smallest absolute Gasteiger partial charge is 0.354 e. The molecule has 1 rings (SSSR count). The maximum absolute atomic E-state index is 10.7. The predicted molar refractivity (Wildman–Crippen MR) is 40.4 cm³/mol. The van der Waals surface area contributed by atoms with E-state index >= 15 is 0 Å². The van der Waals surface area contributed by atoms with E-state index in [1.54, 1.807) is 0 Å². The van der Waals surface area contributed by atoms with Gasteiger partial charge in [-0.2, -0.15) is 0 Å². The number of pyridine rings is 1. The molecule has 3 N–H and O–H groups in total. The lowest BCUT2D eigenvalue weighted by Gasteiger charge is -1.97. The molecule has 0 saturated heterocycles. The van der Waals surface area contributed by atoms with Crippen LogP contribution in [0, 0.1) is 0 Å². The molecular weight excluding hydrogens is 176 g/mol. The SMILES string of the molecule is O=C(NO)c1ccc(C(=O)O)nc1. The molecule has 0 aliphatic rings. The molecule has 0 spiro atoms. The first kappa shape index (κ1) is 9.14. The zero-order valence-corrected chi connectivity index (χ0v) is 6.39. The van der Waals surface area contributed by atoms with E-state index in [1.807, 2.05) is 0 Å². The Kier molecular flexibility index (Phi) is 2.56. The van der Waals surface area contributed by atoms with Gasteiger partial charge in [0.2, 0.25) is 0 Å². The summed E-state index contributed by atoms with van der Waals surface area (Å²) in [5.41, 5.74) is 1.34. The van der Waals surface area contributed by atoms with Gasteiger partial charge in [0, 0.05) is 6.20 Å². The van der Waals surface area contributed by atoms with E-state index in [0.717, 1.165) is 6.20 Å². The number of carboxylic acids is 1. The fourth-order valence-corrected chi connectivity index (χ4v) is 0.719. The molecule has 0 aliphatic heterocycles. The minimum Gasteiger partial charge on any atom is -0.477 e. The largest absolute Gasteiger partial charge is 0.477 e. The topological polar surface area (TPSA) is 99.5 Å². The van der Waals surface area contributed by atoms with Gasteiger partial charge in [0.05, 0.1) is 5.56 Å². The van der Waals surface area contributed by atoms with Crippen LogP contribution in [0.5, 0.6) is 0 Å². The highest BCUT2D eigenvalue weighted by molar-refractivity contribution is 5.94. The molecule has 1 heterocycles. The Bertz CT molecular complexity index is 333. The Morgan fingerprint density at radius 2 is 2.08 bits per heavy atom. The van der Waals surface area contributed by atoms with Crippen LogP contribution < -0.4 is 5.48 Å². The van der Waals surface area contributed by atoms with Crippen molar-refractivity contribution < 1.29 is 19.9 Å². The second-order valence-corrected chi connectivity index (χ2v) is 2.18. The van der Waals surface area contributed by atoms with Crippen LogP contribution in [0.25, 0.3) is 0 Å². The number of hydrogen-bond acceptors (Lipinski definition) is 4. The first-order valence-electron chi connectivity index (χ1n) is 3.29. The second-order valence-electron chi connectivity index (χ2n) is 2.18. The van der Waals surface area contributed by atoms with Gasteiger partial charge < -0.3 is 5.11 Å². The van der Waals surface area contributed by atoms with Gasteiger partial charge >= 0.3 is 5.97 Å². The van der Waals surface area contributed by atoms with E-state index < -0.39 is 11.9 Å². The molecule has 68 valence electrons. The third kappa shape index (κ3) is 2.00. The zero-order chi connectivity index (χ0) is 9.84. The average Bonchev–Trinajstić information content (AvgIpc) is 2.17. The van der Waals surface area contributed by atoms with Crippen molar-refractivity contribution >= 4 is 11.9 Å². The molecule has 0 saturated carbocycles. The molecule has 1 aromatic rings. The summed E-state index contributed by atoms with van der Waals surface area (Å²) in [6.45, 7) is 0. The van der Waals surface area contributed by atoms with Crippen molar-refractivity contribution in [2.75, 3.05) is 0 Å². The third-order valence-corrected chi connectivity index (χ3v) is 1.35. The molecule has 1 amide bonds. The Hall–Kier alpha value is -1.95. The van der Waals surface area contributed by atoms with Crippen LogP contribution in [-0.4, -0.2) is 27.2 Å². The van der Waals surface area contributed by atoms with Gasteiger partial charge in [-0.15, -0.1) is 0 Å². The number of nitrogens with one attached hydrogen (secondary N) is 1. The van der Waals surface area contributed by atoms with Crippen LogP contribution in [0.15, 0.2) is 18.3 Å². The van der Waals surface area contributed by atoms with Crippen molar-refractivity contribution in [1.82, 2.24) is 10.5 Å². The van der Waals surface area contributed by atoms with E-state index in [1.165, 1.54) is 17.6 Å². The molecule has 0 unspecified atom stereocenters. The van der Waals surface area contributed by atoms with Crippen molar-refractivity contribution in [1.29, 1.82) is 0 Å². The highest BCUT2D eigenvalue weighted by Crippen LogP contribution is 1.99. The zero-order valence-electron chi connectivity index (χ0n) is 6.39. The van der Waals surface area contributed by atoms with Crippen LogP contribution in [0.2, 0.25) is 0 Å². The van der Waals surface area contributed by atoms with Crippen molar-refractivity contribution in [3.63, 3.8) is 0 Å². The lowest BCUT2D eigenvalue weighted by Crippen LogP contribution is -2.19. The maximum Gasteiger partial charge on any atom is 0.354 e. The predicted octanol–water partition coefficient (Wildman–Crippen LogP) is -0.101. The summed E-state index contributed by atoms with van der Waals surface area (Å²) in [7, 11) is 0. The van der Waals surface area contributed by atoms with E-state index in [4.69, 9.17) is 10.3 Å². The number of hydroxylamine groups is 1. The monoisotopic (exact) mass is 182 g/mol. The van der Waals surface area contributed by atoms with Gasteiger partial charge in [0.1, 0.15) is 5.69 Å². The number of carbonyl (C=O) groups is 2. The summed E-state index contributed by atoms with van der Waals surface area (Å²) in [4.78, 5) is 24.6. The van der Waals surface area contributed by atoms with Gasteiger partial charge in [-0.1, -0.05) is 0 Å². The molecule has 0 atom stereocenters. The molecule has 6 heteroatoms. The van der Waals surface area contributed by atoms with Crippen LogP contribution >= 0.6 is 0 Å². The van der Waals surface area contributed by atoms with Crippen molar-refractivity contribution in [3.8, 4) is 0 Å². The molecule has 13 heavy (non-hydrogen) atoms. The lowest BCUT2D eigenvalue weighted by atomic mass is 10.2. The first-order valence-corrected chi connectivity index (χ1v) is 3.29. The van der Waals surface area contributed by atoms with Gasteiger partial charge in [-0.05, 0) is 12.1 Å². The van der Waals surface area contributed by atoms with Crippen LogP contribution in [0.3, 0.4) is 0 Å². The van der Waals surface area contributed by atoms with Crippen molar-refractivity contribution in [3.05, 3.63) is 29.6 Å². The Morgan fingerprint density at radius 3 is 2.46 bits per heavy atom. The quantitative estimate of drug-likeness (QED) is 0.438. The maximum atomic E-state index is 10.7. The molecule has 1 aromatic heterocycles. The summed E-state index contributed by atoms with van der Waals surface area (Å²) < 4.78 is 0. The summed E-state index contributed by atoms with van der Waals surface area (Å²) in [5.74, 6) is -1.90. The van der Waals surface area contributed by atoms with E-state index in [-0.39, 0.29) is 11.3 Å². The fourth-order valence-electron chi connectivity index (χ4n) is 0.719. The second kappa shape index (κ2) is 3.63. The minimum atomic E-state index is -1.17. The van der Waals surface area contributed by atoms with Gasteiger partial charge in [0.25, 0.3) is 5.91 Å². The number of aromatic carboxylic acids is 1. The number of hydrogen-bond donors (Lipinski definition) is 3. The van der Waals surface area contributed by atoms with E-state index in [9.17, 15) is 9.59 Å². The minimum absolute atomic E-state index is 0.0903. The molecule has 0 bridgehead atoms. The number of nitrogens with zero attached hydrogens (tertiary/aromatic N) is 1. The average molecular weight is 182 g/mol. The number of carbonyl (C=O) groups excluding carboxylic acids is 1. The fraction of sp³-hybridized carbons (Fsp3) is 0. The molecule has 0 fully saturated rings. The van der Waals surface area contributed by atoms with Gasteiger partial charge in [0.15, 0.2) is 0 Å².